The normalized spacial score (nSPS) is 11.0. The van der Waals surface area contributed by atoms with E-state index in [1.807, 2.05) is 6.07 Å². The van der Waals surface area contributed by atoms with Gasteiger partial charge in [-0.3, -0.25) is 0 Å². The molecule has 3 heteroatoms. The molecule has 2 nitrogen and oxygen atoms in total. The smallest absolute Gasteiger partial charge is 0.101 e. The standard InChI is InChI=1S/C10H10ClNO/c1-10(2,13)8-4-3-5-9(11)7(8)6-12/h3-5,13H,1-2H3. The minimum atomic E-state index is -1.03. The lowest BCUT2D eigenvalue weighted by Crippen LogP contribution is -2.17. The molecule has 0 amide bonds. The Kier molecular flexibility index (Phi) is 2.60. The molecule has 0 aliphatic heterocycles. The van der Waals surface area contributed by atoms with E-state index in [9.17, 15) is 5.11 Å². The molecule has 0 heterocycles. The summed E-state index contributed by atoms with van der Waals surface area (Å²) in [7, 11) is 0. The summed E-state index contributed by atoms with van der Waals surface area (Å²) in [6.07, 6.45) is 0. The third-order valence-corrected chi connectivity index (χ3v) is 2.10. The van der Waals surface area contributed by atoms with Crippen molar-refractivity contribution in [3.05, 3.63) is 34.3 Å². The van der Waals surface area contributed by atoms with Crippen molar-refractivity contribution in [2.24, 2.45) is 0 Å². The molecule has 0 unspecified atom stereocenters. The first-order valence-corrected chi connectivity index (χ1v) is 4.26. The van der Waals surface area contributed by atoms with Gasteiger partial charge in [0.2, 0.25) is 0 Å². The molecule has 0 aromatic heterocycles. The lowest BCUT2D eigenvalue weighted by molar-refractivity contribution is 0.0783. The Balaban J connectivity index is 3.40. The highest BCUT2D eigenvalue weighted by Gasteiger charge is 2.21. The van der Waals surface area contributed by atoms with Crippen LogP contribution < -0.4 is 0 Å². The number of rotatable bonds is 1. The van der Waals surface area contributed by atoms with Gasteiger partial charge in [0.15, 0.2) is 0 Å². The summed E-state index contributed by atoms with van der Waals surface area (Å²) in [6, 6.07) is 7.03. The summed E-state index contributed by atoms with van der Waals surface area (Å²) in [6.45, 7) is 3.25. The fourth-order valence-electron chi connectivity index (χ4n) is 1.15. The highest BCUT2D eigenvalue weighted by atomic mass is 35.5. The van der Waals surface area contributed by atoms with E-state index in [0.29, 0.717) is 16.1 Å². The van der Waals surface area contributed by atoms with E-state index < -0.39 is 5.60 Å². The topological polar surface area (TPSA) is 44.0 Å². The van der Waals surface area contributed by atoms with Gasteiger partial charge in [0.25, 0.3) is 0 Å². The van der Waals surface area contributed by atoms with Crippen LogP contribution in [0, 0.1) is 11.3 Å². The van der Waals surface area contributed by atoms with Crippen LogP contribution >= 0.6 is 11.6 Å². The Morgan fingerprint density at radius 1 is 1.46 bits per heavy atom. The molecule has 0 aliphatic rings. The molecule has 1 N–H and O–H groups in total. The molecule has 0 bridgehead atoms. The van der Waals surface area contributed by atoms with Crippen LogP contribution in [0.5, 0.6) is 0 Å². The number of aliphatic hydroxyl groups is 1. The minimum Gasteiger partial charge on any atom is -0.386 e. The van der Waals surface area contributed by atoms with Gasteiger partial charge >= 0.3 is 0 Å². The van der Waals surface area contributed by atoms with Crippen LogP contribution in [0.2, 0.25) is 5.02 Å². The maximum absolute atomic E-state index is 9.72. The van der Waals surface area contributed by atoms with Gasteiger partial charge in [-0.25, -0.2) is 0 Å². The largest absolute Gasteiger partial charge is 0.386 e. The first-order valence-electron chi connectivity index (χ1n) is 3.88. The number of hydrogen-bond donors (Lipinski definition) is 1. The monoisotopic (exact) mass is 195 g/mol. The summed E-state index contributed by atoms with van der Waals surface area (Å²) in [4.78, 5) is 0. The maximum atomic E-state index is 9.72. The summed E-state index contributed by atoms with van der Waals surface area (Å²) < 4.78 is 0. The molecule has 1 aromatic carbocycles. The number of nitrogens with zero attached hydrogens (tertiary/aromatic N) is 1. The average Bonchev–Trinajstić information content (AvgIpc) is 2.02. The molecular weight excluding hydrogens is 186 g/mol. The highest BCUT2D eigenvalue weighted by molar-refractivity contribution is 6.31. The van der Waals surface area contributed by atoms with Gasteiger partial charge in [-0.15, -0.1) is 0 Å². The van der Waals surface area contributed by atoms with Crippen LogP contribution in [0.1, 0.15) is 25.0 Å². The average molecular weight is 196 g/mol. The van der Waals surface area contributed by atoms with Gasteiger partial charge in [0.1, 0.15) is 6.07 Å². The van der Waals surface area contributed by atoms with Crippen LogP contribution in [0.3, 0.4) is 0 Å². The van der Waals surface area contributed by atoms with Crippen molar-refractivity contribution in [1.29, 1.82) is 5.26 Å². The van der Waals surface area contributed by atoms with Gasteiger partial charge < -0.3 is 5.11 Å². The summed E-state index contributed by atoms with van der Waals surface area (Å²) in [5, 5.41) is 18.9. The van der Waals surface area contributed by atoms with E-state index in [4.69, 9.17) is 16.9 Å². The van der Waals surface area contributed by atoms with Crippen LogP contribution in [0.25, 0.3) is 0 Å². The van der Waals surface area contributed by atoms with E-state index in [0.717, 1.165) is 0 Å². The van der Waals surface area contributed by atoms with Crippen LogP contribution in [-0.2, 0) is 5.60 Å². The van der Waals surface area contributed by atoms with Crippen molar-refractivity contribution in [2.45, 2.75) is 19.4 Å². The van der Waals surface area contributed by atoms with Crippen LogP contribution in [0.4, 0.5) is 0 Å². The Morgan fingerprint density at radius 2 is 2.08 bits per heavy atom. The number of hydrogen-bond acceptors (Lipinski definition) is 2. The zero-order valence-electron chi connectivity index (χ0n) is 7.50. The first kappa shape index (κ1) is 10.0. The predicted octanol–water partition coefficient (Wildman–Crippen LogP) is 2.44. The molecular formula is C10H10ClNO. The van der Waals surface area contributed by atoms with Gasteiger partial charge in [0, 0.05) is 5.56 Å². The molecule has 68 valence electrons. The quantitative estimate of drug-likeness (QED) is 0.748. The maximum Gasteiger partial charge on any atom is 0.101 e. The summed E-state index contributed by atoms with van der Waals surface area (Å²) >= 11 is 5.80. The van der Waals surface area contributed by atoms with E-state index in [1.165, 1.54) is 0 Å². The highest BCUT2D eigenvalue weighted by Crippen LogP contribution is 2.27. The van der Waals surface area contributed by atoms with Crippen molar-refractivity contribution >= 4 is 11.6 Å². The Morgan fingerprint density at radius 3 is 2.46 bits per heavy atom. The van der Waals surface area contributed by atoms with Crippen molar-refractivity contribution in [1.82, 2.24) is 0 Å². The molecule has 13 heavy (non-hydrogen) atoms. The number of benzene rings is 1. The van der Waals surface area contributed by atoms with E-state index >= 15 is 0 Å². The predicted molar refractivity (Wildman–Crippen MR) is 51.4 cm³/mol. The molecule has 0 saturated heterocycles. The van der Waals surface area contributed by atoms with Crippen molar-refractivity contribution in [3.8, 4) is 6.07 Å². The molecule has 0 saturated carbocycles. The lowest BCUT2D eigenvalue weighted by atomic mass is 9.94. The van der Waals surface area contributed by atoms with Crippen LogP contribution in [0.15, 0.2) is 18.2 Å². The third-order valence-electron chi connectivity index (χ3n) is 1.78. The zero-order chi connectivity index (χ0) is 10.1. The van der Waals surface area contributed by atoms with Crippen molar-refractivity contribution < 1.29 is 5.11 Å². The zero-order valence-corrected chi connectivity index (χ0v) is 8.26. The molecule has 0 atom stereocenters. The fourth-order valence-corrected chi connectivity index (χ4v) is 1.36. The summed E-state index contributed by atoms with van der Waals surface area (Å²) in [5.74, 6) is 0. The molecule has 0 spiro atoms. The second-order valence-electron chi connectivity index (χ2n) is 3.33. The minimum absolute atomic E-state index is 0.344. The molecule has 1 rings (SSSR count). The van der Waals surface area contributed by atoms with Gasteiger partial charge in [-0.05, 0) is 19.9 Å². The number of nitriles is 1. The van der Waals surface area contributed by atoms with Crippen molar-refractivity contribution in [2.75, 3.05) is 0 Å². The third kappa shape index (κ3) is 2.00. The molecule has 0 aliphatic carbocycles. The van der Waals surface area contributed by atoms with Crippen LogP contribution in [-0.4, -0.2) is 5.11 Å². The summed E-state index contributed by atoms with van der Waals surface area (Å²) in [5.41, 5.74) is -0.130. The van der Waals surface area contributed by atoms with E-state index in [-0.39, 0.29) is 0 Å². The lowest BCUT2D eigenvalue weighted by Gasteiger charge is -2.19. The SMILES string of the molecule is CC(C)(O)c1cccc(Cl)c1C#N. The second kappa shape index (κ2) is 3.37. The van der Waals surface area contributed by atoms with Gasteiger partial charge in [0.05, 0.1) is 16.2 Å². The van der Waals surface area contributed by atoms with Gasteiger partial charge in [-0.2, -0.15) is 5.26 Å². The second-order valence-corrected chi connectivity index (χ2v) is 3.74. The van der Waals surface area contributed by atoms with E-state index in [1.54, 1.807) is 32.0 Å². The molecule has 0 fully saturated rings. The Bertz CT molecular complexity index is 360. The van der Waals surface area contributed by atoms with E-state index in [2.05, 4.69) is 0 Å². The number of halogens is 1. The fraction of sp³-hybridized carbons (Fsp3) is 0.300. The molecule has 0 radical (unpaired) electrons. The Labute approximate surface area is 82.4 Å². The first-order chi connectivity index (χ1) is 5.96. The van der Waals surface area contributed by atoms with Crippen molar-refractivity contribution in [3.63, 3.8) is 0 Å². The molecule has 1 aromatic rings. The Hall–Kier alpha value is -1.04. The van der Waals surface area contributed by atoms with Gasteiger partial charge in [-0.1, -0.05) is 23.7 Å².